The van der Waals surface area contributed by atoms with E-state index in [0.717, 1.165) is 29.3 Å². The summed E-state index contributed by atoms with van der Waals surface area (Å²) in [6, 6.07) is 12.2. The Hall–Kier alpha value is -4.08. The molecule has 0 aliphatic carbocycles. The second kappa shape index (κ2) is 7.66. The van der Waals surface area contributed by atoms with Crippen LogP contribution in [0.1, 0.15) is 21.5 Å². The predicted octanol–water partition coefficient (Wildman–Crippen LogP) is 3.31. The molecule has 1 aromatic heterocycles. The van der Waals surface area contributed by atoms with E-state index in [1.54, 1.807) is 16.9 Å². The Kier molecular flexibility index (Phi) is 5.12. The minimum atomic E-state index is -0.792. The van der Waals surface area contributed by atoms with Crippen molar-refractivity contribution in [3.05, 3.63) is 91.6 Å². The van der Waals surface area contributed by atoms with Crippen molar-refractivity contribution >= 4 is 23.1 Å². The normalized spacial score (nSPS) is 10.5. The van der Waals surface area contributed by atoms with E-state index in [1.165, 1.54) is 0 Å². The molecule has 3 rings (SSSR count). The summed E-state index contributed by atoms with van der Waals surface area (Å²) in [6.07, 6.45) is 1.67. The molecule has 0 saturated heterocycles. The van der Waals surface area contributed by atoms with Crippen molar-refractivity contribution in [3.63, 3.8) is 0 Å². The van der Waals surface area contributed by atoms with Crippen LogP contribution in [0.5, 0.6) is 0 Å². The molecule has 3 aromatic rings. The Morgan fingerprint density at radius 3 is 2.21 bits per heavy atom. The van der Waals surface area contributed by atoms with Crippen LogP contribution < -0.4 is 5.32 Å². The second-order valence-corrected chi connectivity index (χ2v) is 6.09. The first-order chi connectivity index (χ1) is 13.3. The molecule has 2 aromatic carbocycles. The van der Waals surface area contributed by atoms with Crippen LogP contribution in [0.4, 0.5) is 17.2 Å². The number of nitrogens with one attached hydrogen (secondary N) is 1. The molecule has 0 atom stereocenters. The average molecular weight is 381 g/mol. The van der Waals surface area contributed by atoms with Crippen LogP contribution in [0.15, 0.2) is 54.7 Å². The first kappa shape index (κ1) is 18.7. The maximum Gasteiger partial charge on any atom is 0.277 e. The summed E-state index contributed by atoms with van der Waals surface area (Å²) < 4.78 is 1.62. The highest BCUT2D eigenvalue weighted by Gasteiger charge is 2.20. The van der Waals surface area contributed by atoms with Gasteiger partial charge in [0.25, 0.3) is 17.3 Å². The van der Waals surface area contributed by atoms with Crippen molar-refractivity contribution in [2.45, 2.75) is 13.5 Å². The van der Waals surface area contributed by atoms with Gasteiger partial charge in [-0.25, -0.2) is 0 Å². The van der Waals surface area contributed by atoms with E-state index in [2.05, 4.69) is 10.4 Å². The number of anilines is 1. The fourth-order valence-corrected chi connectivity index (χ4v) is 2.52. The van der Waals surface area contributed by atoms with Crippen LogP contribution in [0.3, 0.4) is 0 Å². The summed E-state index contributed by atoms with van der Waals surface area (Å²) in [5.74, 6) is -0.501. The number of nitro benzene ring substituents is 2. The van der Waals surface area contributed by atoms with Crippen LogP contribution in [0, 0.1) is 27.2 Å². The third-order valence-electron chi connectivity index (χ3n) is 3.93. The Balaban J connectivity index is 1.76. The number of hydrogen-bond acceptors (Lipinski definition) is 6. The third-order valence-corrected chi connectivity index (χ3v) is 3.93. The molecule has 0 bridgehead atoms. The van der Waals surface area contributed by atoms with E-state index in [4.69, 9.17) is 0 Å². The predicted molar refractivity (Wildman–Crippen MR) is 100 cm³/mol. The molecule has 1 N–H and O–H groups in total. The van der Waals surface area contributed by atoms with Crippen LogP contribution in [0.2, 0.25) is 0 Å². The van der Waals surface area contributed by atoms with Crippen LogP contribution in [-0.4, -0.2) is 25.5 Å². The highest BCUT2D eigenvalue weighted by Crippen LogP contribution is 2.23. The van der Waals surface area contributed by atoms with Gasteiger partial charge in [-0.1, -0.05) is 29.8 Å². The van der Waals surface area contributed by atoms with Gasteiger partial charge in [-0.05, 0) is 12.5 Å². The van der Waals surface area contributed by atoms with Gasteiger partial charge in [-0.2, -0.15) is 5.10 Å². The summed E-state index contributed by atoms with van der Waals surface area (Å²) in [4.78, 5) is 32.7. The molecule has 1 heterocycles. The van der Waals surface area contributed by atoms with Gasteiger partial charge in [0.1, 0.15) is 0 Å². The van der Waals surface area contributed by atoms with E-state index in [-0.39, 0.29) is 11.4 Å². The Morgan fingerprint density at radius 2 is 1.64 bits per heavy atom. The maximum atomic E-state index is 12.4. The number of aromatic nitrogens is 2. The molecule has 0 saturated carbocycles. The quantitative estimate of drug-likeness (QED) is 0.514. The van der Waals surface area contributed by atoms with Crippen molar-refractivity contribution < 1.29 is 14.6 Å². The van der Waals surface area contributed by atoms with Gasteiger partial charge in [-0.3, -0.25) is 29.7 Å². The van der Waals surface area contributed by atoms with Crippen molar-refractivity contribution in [1.82, 2.24) is 9.78 Å². The zero-order valence-corrected chi connectivity index (χ0v) is 14.7. The Labute approximate surface area is 158 Å². The number of non-ortho nitro benzene ring substituents is 2. The van der Waals surface area contributed by atoms with Gasteiger partial charge in [0.05, 0.1) is 28.0 Å². The number of hydrogen-bond donors (Lipinski definition) is 1. The number of aryl methyl sites for hydroxylation is 1. The van der Waals surface area contributed by atoms with Crippen molar-refractivity contribution in [3.8, 4) is 0 Å². The smallest absolute Gasteiger partial charge is 0.277 e. The van der Waals surface area contributed by atoms with E-state index >= 15 is 0 Å². The monoisotopic (exact) mass is 381 g/mol. The number of nitrogens with zero attached hydrogens (tertiary/aromatic N) is 4. The first-order valence-corrected chi connectivity index (χ1v) is 8.16. The minimum Gasteiger partial charge on any atom is -0.305 e. The second-order valence-electron chi connectivity index (χ2n) is 6.09. The lowest BCUT2D eigenvalue weighted by Crippen LogP contribution is -2.13. The molecular weight excluding hydrogens is 366 g/mol. The molecule has 0 aliphatic heterocycles. The zero-order chi connectivity index (χ0) is 20.3. The molecule has 0 radical (unpaired) electrons. The van der Waals surface area contributed by atoms with E-state index in [1.807, 2.05) is 31.2 Å². The van der Waals surface area contributed by atoms with Crippen molar-refractivity contribution in [1.29, 1.82) is 0 Å². The molecule has 142 valence electrons. The lowest BCUT2D eigenvalue weighted by atomic mass is 10.1. The summed E-state index contributed by atoms with van der Waals surface area (Å²) in [7, 11) is 0. The molecule has 0 spiro atoms. The fraction of sp³-hybridized carbons (Fsp3) is 0.111. The van der Waals surface area contributed by atoms with Crippen LogP contribution in [-0.2, 0) is 6.54 Å². The summed E-state index contributed by atoms with van der Waals surface area (Å²) in [6.45, 7) is 2.49. The van der Waals surface area contributed by atoms with Gasteiger partial charge in [0, 0.05) is 24.4 Å². The first-order valence-electron chi connectivity index (χ1n) is 8.16. The lowest BCUT2D eigenvalue weighted by molar-refractivity contribution is -0.394. The summed E-state index contributed by atoms with van der Waals surface area (Å²) in [5, 5.41) is 28.6. The van der Waals surface area contributed by atoms with E-state index in [0.29, 0.717) is 6.54 Å². The molecular formula is C18H15N5O5. The summed E-state index contributed by atoms with van der Waals surface area (Å²) in [5.41, 5.74) is 0.895. The molecule has 28 heavy (non-hydrogen) atoms. The number of carbonyl (C=O) groups excluding carboxylic acids is 1. The van der Waals surface area contributed by atoms with Crippen LogP contribution >= 0.6 is 0 Å². The maximum absolute atomic E-state index is 12.4. The molecule has 10 nitrogen and oxygen atoms in total. The molecule has 10 heteroatoms. The average Bonchev–Trinajstić information content (AvgIpc) is 3.10. The van der Waals surface area contributed by atoms with E-state index in [9.17, 15) is 25.0 Å². The highest BCUT2D eigenvalue weighted by molar-refractivity contribution is 6.04. The fourth-order valence-electron chi connectivity index (χ4n) is 2.52. The largest absolute Gasteiger partial charge is 0.305 e. The summed E-state index contributed by atoms with van der Waals surface area (Å²) >= 11 is 0. The third kappa shape index (κ3) is 4.36. The number of amides is 1. The Bertz CT molecular complexity index is 1030. The molecule has 0 unspecified atom stereocenters. The van der Waals surface area contributed by atoms with Gasteiger partial charge in [0.2, 0.25) is 0 Å². The van der Waals surface area contributed by atoms with Gasteiger partial charge in [-0.15, -0.1) is 0 Å². The zero-order valence-electron chi connectivity index (χ0n) is 14.7. The molecule has 0 aliphatic rings. The standard InChI is InChI=1S/C18H15N5O5/c1-12-2-4-13(5-3-12)11-21-7-6-17(20-21)19-18(24)14-8-15(22(25)26)10-16(9-14)23(27)28/h2-10H,11H2,1H3,(H,19,20,24). The number of carbonyl (C=O) groups is 1. The van der Waals surface area contributed by atoms with E-state index < -0.39 is 27.1 Å². The Morgan fingerprint density at radius 1 is 1.04 bits per heavy atom. The van der Waals surface area contributed by atoms with Crippen molar-refractivity contribution in [2.24, 2.45) is 0 Å². The number of rotatable bonds is 6. The number of nitro groups is 2. The van der Waals surface area contributed by atoms with Crippen LogP contribution in [0.25, 0.3) is 0 Å². The molecule has 1 amide bonds. The highest BCUT2D eigenvalue weighted by atomic mass is 16.6. The lowest BCUT2D eigenvalue weighted by Gasteiger charge is -2.04. The van der Waals surface area contributed by atoms with Gasteiger partial charge < -0.3 is 5.32 Å². The molecule has 0 fully saturated rings. The SMILES string of the molecule is Cc1ccc(Cn2ccc(NC(=O)c3cc([N+](=O)[O-])cc([N+](=O)[O-])c3)n2)cc1. The van der Waals surface area contributed by atoms with Gasteiger partial charge in [0.15, 0.2) is 5.82 Å². The van der Waals surface area contributed by atoms with Crippen molar-refractivity contribution in [2.75, 3.05) is 5.32 Å². The number of benzene rings is 2. The van der Waals surface area contributed by atoms with Gasteiger partial charge >= 0.3 is 0 Å². The topological polar surface area (TPSA) is 133 Å². The minimum absolute atomic E-state index is 0.200.